The van der Waals surface area contributed by atoms with Gasteiger partial charge in [0.15, 0.2) is 0 Å². The number of benzene rings is 2. The highest BCUT2D eigenvalue weighted by Crippen LogP contribution is 2.66. The Balaban J connectivity index is 1.68. The molecule has 0 aromatic heterocycles. The summed E-state index contributed by atoms with van der Waals surface area (Å²) in [5, 5.41) is 0. The molecular weight excluding hydrogens is 322 g/mol. The van der Waals surface area contributed by atoms with Gasteiger partial charge in [0, 0.05) is 11.6 Å². The third-order valence-electron chi connectivity index (χ3n) is 6.54. The molecule has 2 aromatic rings. The summed E-state index contributed by atoms with van der Waals surface area (Å²) in [5.41, 5.74) is 4.67. The van der Waals surface area contributed by atoms with Crippen LogP contribution in [-0.4, -0.2) is 13.2 Å². The first-order valence-corrected chi connectivity index (χ1v) is 9.52. The molecule has 0 unspecified atom stereocenters. The standard InChI is InChI=1S/C23H23NO2/c1-26-23(25)24(18-10-6-3-7-11-18)22-20(15-8-4-2-5-9-15)19-16-12-13-17(14-16)21(19)22/h2-11,16-17,19,21H,12-14H2,1H3/t16-,17+,19-,21-/m1/s1. The van der Waals surface area contributed by atoms with E-state index >= 15 is 0 Å². The number of hydrogen-bond donors (Lipinski definition) is 0. The SMILES string of the molecule is COC(=O)N(C1=C(c2ccccc2)[C@H]2[C@@H]3CC[C@@H](C3)[C@@H]12)c1ccccc1. The summed E-state index contributed by atoms with van der Waals surface area (Å²) in [4.78, 5) is 14.6. The summed E-state index contributed by atoms with van der Waals surface area (Å²) < 4.78 is 5.19. The Bertz CT molecular complexity index is 858. The number of anilines is 1. The molecule has 4 atom stereocenters. The molecule has 2 saturated carbocycles. The van der Waals surface area contributed by atoms with Gasteiger partial charge in [-0.05, 0) is 60.3 Å². The number of methoxy groups -OCH3 is 1. The summed E-state index contributed by atoms with van der Waals surface area (Å²) >= 11 is 0. The number of fused-ring (bicyclic) bond motifs is 5. The molecule has 26 heavy (non-hydrogen) atoms. The van der Waals surface area contributed by atoms with Crippen LogP contribution in [0.2, 0.25) is 0 Å². The Morgan fingerprint density at radius 2 is 1.54 bits per heavy atom. The molecule has 1 amide bonds. The maximum absolute atomic E-state index is 12.8. The molecule has 2 bridgehead atoms. The maximum atomic E-state index is 12.8. The van der Waals surface area contributed by atoms with Crippen molar-refractivity contribution in [1.29, 1.82) is 0 Å². The third kappa shape index (κ3) is 2.16. The number of rotatable bonds is 3. The molecule has 0 aliphatic heterocycles. The van der Waals surface area contributed by atoms with Crippen LogP contribution in [0.15, 0.2) is 66.4 Å². The Kier molecular flexibility index (Phi) is 3.63. The highest BCUT2D eigenvalue weighted by molar-refractivity contribution is 5.97. The van der Waals surface area contributed by atoms with Crippen molar-refractivity contribution in [2.45, 2.75) is 19.3 Å². The smallest absolute Gasteiger partial charge is 0.418 e. The van der Waals surface area contributed by atoms with Crippen molar-refractivity contribution in [2.24, 2.45) is 23.7 Å². The van der Waals surface area contributed by atoms with Gasteiger partial charge in [0.2, 0.25) is 0 Å². The second-order valence-corrected chi connectivity index (χ2v) is 7.69. The van der Waals surface area contributed by atoms with Crippen molar-refractivity contribution in [1.82, 2.24) is 0 Å². The van der Waals surface area contributed by atoms with Crippen molar-refractivity contribution in [2.75, 3.05) is 12.0 Å². The Morgan fingerprint density at radius 1 is 0.923 bits per heavy atom. The quantitative estimate of drug-likeness (QED) is 0.751. The van der Waals surface area contributed by atoms with E-state index in [0.29, 0.717) is 17.8 Å². The van der Waals surface area contributed by atoms with Gasteiger partial charge in [-0.1, -0.05) is 48.5 Å². The molecule has 3 aliphatic carbocycles. The minimum Gasteiger partial charge on any atom is -0.452 e. The summed E-state index contributed by atoms with van der Waals surface area (Å²) in [6, 6.07) is 20.5. The normalized spacial score (nSPS) is 28.5. The van der Waals surface area contributed by atoms with Crippen LogP contribution in [0.3, 0.4) is 0 Å². The number of allylic oxidation sites excluding steroid dienone is 2. The van der Waals surface area contributed by atoms with Gasteiger partial charge in [0.25, 0.3) is 0 Å². The topological polar surface area (TPSA) is 29.5 Å². The lowest BCUT2D eigenvalue weighted by Gasteiger charge is -2.48. The summed E-state index contributed by atoms with van der Waals surface area (Å²) in [5.74, 6) is 2.58. The number of nitrogens with zero attached hydrogens (tertiary/aromatic N) is 1. The van der Waals surface area contributed by atoms with Crippen LogP contribution in [0.5, 0.6) is 0 Å². The molecule has 0 heterocycles. The fourth-order valence-electron chi connectivity index (χ4n) is 5.59. The number of carbonyl (C=O) groups is 1. The van der Waals surface area contributed by atoms with Crippen molar-refractivity contribution in [3.63, 3.8) is 0 Å². The minimum absolute atomic E-state index is 0.291. The van der Waals surface area contributed by atoms with Gasteiger partial charge in [-0.2, -0.15) is 0 Å². The molecule has 3 nitrogen and oxygen atoms in total. The molecule has 2 fully saturated rings. The zero-order chi connectivity index (χ0) is 17.7. The van der Waals surface area contributed by atoms with E-state index in [1.54, 1.807) is 0 Å². The zero-order valence-corrected chi connectivity index (χ0v) is 15.0. The van der Waals surface area contributed by atoms with Gasteiger partial charge < -0.3 is 4.74 Å². The molecule has 0 radical (unpaired) electrons. The average molecular weight is 345 g/mol. The Morgan fingerprint density at radius 3 is 2.19 bits per heavy atom. The van der Waals surface area contributed by atoms with Gasteiger partial charge in [0.1, 0.15) is 0 Å². The van der Waals surface area contributed by atoms with Gasteiger partial charge in [-0.15, -0.1) is 0 Å². The van der Waals surface area contributed by atoms with Crippen molar-refractivity contribution < 1.29 is 9.53 Å². The first kappa shape index (κ1) is 15.7. The first-order valence-electron chi connectivity index (χ1n) is 9.52. The van der Waals surface area contributed by atoms with Crippen molar-refractivity contribution >= 4 is 17.4 Å². The lowest BCUT2D eigenvalue weighted by Crippen LogP contribution is -2.45. The molecule has 3 heteroatoms. The van der Waals surface area contributed by atoms with Crippen LogP contribution in [0.1, 0.15) is 24.8 Å². The predicted molar refractivity (Wildman–Crippen MR) is 102 cm³/mol. The average Bonchev–Trinajstić information content (AvgIpc) is 3.25. The molecule has 3 aliphatic rings. The number of para-hydroxylation sites is 1. The fraction of sp³-hybridized carbons (Fsp3) is 0.348. The summed E-state index contributed by atoms with van der Waals surface area (Å²) in [7, 11) is 1.47. The van der Waals surface area contributed by atoms with Crippen molar-refractivity contribution in [3.05, 3.63) is 71.9 Å². The second kappa shape index (κ2) is 6.01. The molecule has 0 saturated heterocycles. The molecule has 0 spiro atoms. The number of ether oxygens (including phenoxy) is 1. The van der Waals surface area contributed by atoms with Crippen LogP contribution in [0, 0.1) is 23.7 Å². The Hall–Kier alpha value is -2.55. The first-order chi connectivity index (χ1) is 12.8. The van der Waals surface area contributed by atoms with Crippen LogP contribution < -0.4 is 4.90 Å². The van der Waals surface area contributed by atoms with E-state index < -0.39 is 0 Å². The van der Waals surface area contributed by atoms with Gasteiger partial charge >= 0.3 is 6.09 Å². The fourth-order valence-corrected chi connectivity index (χ4v) is 5.59. The van der Waals surface area contributed by atoms with E-state index in [1.165, 1.54) is 43.2 Å². The zero-order valence-electron chi connectivity index (χ0n) is 15.0. The van der Waals surface area contributed by atoms with Gasteiger partial charge in [-0.3, -0.25) is 0 Å². The van der Waals surface area contributed by atoms with Crippen LogP contribution in [-0.2, 0) is 4.74 Å². The highest BCUT2D eigenvalue weighted by Gasteiger charge is 2.59. The summed E-state index contributed by atoms with van der Waals surface area (Å²) in [6.07, 6.45) is 3.64. The van der Waals surface area contributed by atoms with E-state index in [-0.39, 0.29) is 6.09 Å². The number of hydrogen-bond acceptors (Lipinski definition) is 2. The van der Waals surface area contributed by atoms with Gasteiger partial charge in [0.05, 0.1) is 12.8 Å². The van der Waals surface area contributed by atoms with E-state index in [4.69, 9.17) is 4.74 Å². The largest absolute Gasteiger partial charge is 0.452 e. The maximum Gasteiger partial charge on any atom is 0.418 e. The molecule has 132 valence electrons. The lowest BCUT2D eigenvalue weighted by atomic mass is 9.62. The second-order valence-electron chi connectivity index (χ2n) is 7.69. The van der Waals surface area contributed by atoms with Crippen LogP contribution >= 0.6 is 0 Å². The van der Waals surface area contributed by atoms with E-state index in [0.717, 1.165) is 11.6 Å². The monoisotopic (exact) mass is 345 g/mol. The third-order valence-corrected chi connectivity index (χ3v) is 6.54. The highest BCUT2D eigenvalue weighted by atomic mass is 16.5. The minimum atomic E-state index is -0.291. The van der Waals surface area contributed by atoms with E-state index in [1.807, 2.05) is 35.2 Å². The van der Waals surface area contributed by atoms with Crippen molar-refractivity contribution in [3.8, 4) is 0 Å². The van der Waals surface area contributed by atoms with Crippen LogP contribution in [0.25, 0.3) is 5.57 Å². The van der Waals surface area contributed by atoms with Crippen LogP contribution in [0.4, 0.5) is 10.5 Å². The summed E-state index contributed by atoms with van der Waals surface area (Å²) in [6.45, 7) is 0. The predicted octanol–water partition coefficient (Wildman–Crippen LogP) is 5.35. The van der Waals surface area contributed by atoms with Gasteiger partial charge in [-0.25, -0.2) is 9.69 Å². The number of carbonyl (C=O) groups excluding carboxylic acids is 1. The Labute approximate surface area is 154 Å². The molecular formula is C23H23NO2. The number of amides is 1. The lowest BCUT2D eigenvalue weighted by molar-refractivity contribution is 0.176. The molecule has 0 N–H and O–H groups in total. The van der Waals surface area contributed by atoms with E-state index in [9.17, 15) is 4.79 Å². The molecule has 2 aromatic carbocycles. The molecule has 5 rings (SSSR count). The van der Waals surface area contributed by atoms with E-state index in [2.05, 4.69) is 30.3 Å².